The van der Waals surface area contributed by atoms with Crippen LogP contribution in [-0.2, 0) is 17.7 Å². The summed E-state index contributed by atoms with van der Waals surface area (Å²) < 4.78 is 24.8. The number of rotatable bonds is 24. The molecule has 0 aromatic rings. The smallest absolute Gasteiger partial charge is 0.173 e. The molecule has 0 aromatic carbocycles. The first-order valence-electron chi connectivity index (χ1n) is 14.9. The summed E-state index contributed by atoms with van der Waals surface area (Å²) in [6, 6.07) is 4.92. The highest BCUT2D eigenvalue weighted by atomic mass is 28.4. The summed E-state index contributed by atoms with van der Waals surface area (Å²) in [6.45, 7) is 25.6. The van der Waals surface area contributed by atoms with Crippen molar-refractivity contribution < 1.29 is 22.8 Å². The van der Waals surface area contributed by atoms with E-state index >= 15 is 0 Å². The molecule has 0 aromatic heterocycles. The minimum Gasteiger partial charge on any atom is -0.455 e. The van der Waals surface area contributed by atoms with Crippen LogP contribution in [-0.4, -0.2) is 70.9 Å². The summed E-state index contributed by atoms with van der Waals surface area (Å²) in [5.74, 6) is 0. The number of aliphatic hydroxyl groups excluding tert-OH is 1. The second kappa shape index (κ2) is 18.9. The summed E-state index contributed by atoms with van der Waals surface area (Å²) in [5.41, 5.74) is 0. The highest BCUT2D eigenvalue weighted by Crippen LogP contribution is 2.26. The zero-order chi connectivity index (χ0) is 27.7. The number of unbranched alkanes of at least 4 members (excludes halogenated alkanes) is 4. The first kappa shape index (κ1) is 36.7. The largest absolute Gasteiger partial charge is 0.455 e. The van der Waals surface area contributed by atoms with Crippen LogP contribution in [0.5, 0.6) is 0 Å². The Labute approximate surface area is 229 Å². The van der Waals surface area contributed by atoms with Gasteiger partial charge in [-0.15, -0.1) is 0 Å². The van der Waals surface area contributed by atoms with E-state index in [0.29, 0.717) is 26.4 Å². The third-order valence-electron chi connectivity index (χ3n) is 6.63. The summed E-state index contributed by atoms with van der Waals surface area (Å²) in [4.78, 5) is 0. The van der Waals surface area contributed by atoms with E-state index in [4.69, 9.17) is 17.7 Å². The molecule has 0 radical (unpaired) electrons. The van der Waals surface area contributed by atoms with Crippen molar-refractivity contribution in [2.75, 3.05) is 26.4 Å². The molecule has 0 atom stereocenters. The van der Waals surface area contributed by atoms with E-state index in [9.17, 15) is 5.11 Å². The molecule has 0 aliphatic rings. The van der Waals surface area contributed by atoms with Crippen LogP contribution in [0.25, 0.3) is 0 Å². The van der Waals surface area contributed by atoms with E-state index in [0.717, 1.165) is 25.7 Å². The zero-order valence-electron chi connectivity index (χ0n) is 26.0. The van der Waals surface area contributed by atoms with Gasteiger partial charge in [0.25, 0.3) is 0 Å². The fourth-order valence-electron chi connectivity index (χ4n) is 4.90. The Kier molecular flexibility index (Phi) is 19.2. The van der Waals surface area contributed by atoms with Crippen LogP contribution in [0.3, 0.4) is 0 Å². The Hall–Kier alpha value is 0.668. The van der Waals surface area contributed by atoms with Crippen molar-refractivity contribution in [3.05, 3.63) is 0 Å². The van der Waals surface area contributed by atoms with Crippen molar-refractivity contribution in [3.63, 3.8) is 0 Å². The van der Waals surface area contributed by atoms with Gasteiger partial charge in [-0.2, -0.15) is 0 Å². The van der Waals surface area contributed by atoms with E-state index in [1.165, 1.54) is 49.9 Å². The van der Waals surface area contributed by atoms with E-state index in [1.807, 2.05) is 0 Å². The van der Waals surface area contributed by atoms with Crippen LogP contribution in [0.4, 0.5) is 0 Å². The van der Waals surface area contributed by atoms with Crippen molar-refractivity contribution in [2.24, 2.45) is 0 Å². The monoisotopic (exact) mass is 580 g/mol. The third kappa shape index (κ3) is 21.6. The van der Waals surface area contributed by atoms with Gasteiger partial charge in [0.05, 0.1) is 13.2 Å². The van der Waals surface area contributed by atoms with Gasteiger partial charge in [0.1, 0.15) is 6.10 Å². The molecule has 9 heteroatoms. The predicted octanol–water partition coefficient (Wildman–Crippen LogP) is 8.39. The van der Waals surface area contributed by atoms with Gasteiger partial charge in [-0.25, -0.2) is 0 Å². The average molecular weight is 581 g/mol. The topological polar surface area (TPSA) is 57.2 Å². The number of hydrogen-bond donors (Lipinski definition) is 1. The van der Waals surface area contributed by atoms with Crippen molar-refractivity contribution in [1.82, 2.24) is 0 Å². The molecule has 36 heavy (non-hydrogen) atoms. The van der Waals surface area contributed by atoms with Crippen LogP contribution in [0.2, 0.25) is 76.6 Å². The van der Waals surface area contributed by atoms with Crippen LogP contribution in [0, 0.1) is 0 Å². The standard InChI is InChI=1S/C27H64O5Si4/c1-11-13-21-33(3,4)31-35(7,8)23-17-15-19-29-25-27(28)26-30-20-16-18-24-36(9,10)32-34(5,6)22-14-12-2/h27-28H,11-26H2,1-10H3. The fourth-order valence-corrected chi connectivity index (χ4v) is 23.1. The van der Waals surface area contributed by atoms with Gasteiger partial charge >= 0.3 is 0 Å². The van der Waals surface area contributed by atoms with Gasteiger partial charge in [0, 0.05) is 13.2 Å². The molecule has 0 aliphatic heterocycles. The van der Waals surface area contributed by atoms with E-state index < -0.39 is 39.4 Å². The van der Waals surface area contributed by atoms with Gasteiger partial charge in [0.2, 0.25) is 0 Å². The van der Waals surface area contributed by atoms with Crippen LogP contribution in [0.1, 0.15) is 65.2 Å². The Bertz CT molecular complexity index is 498. The molecule has 0 spiro atoms. The molecule has 5 nitrogen and oxygen atoms in total. The van der Waals surface area contributed by atoms with Gasteiger partial charge in [-0.1, -0.05) is 52.4 Å². The Morgan fingerprint density at radius 3 is 1.11 bits per heavy atom. The molecule has 0 unspecified atom stereocenters. The SMILES string of the molecule is CCCC[Si](C)(C)O[Si](C)(C)CCCCOCC(O)COCCCC[Si](C)(C)O[Si](C)(C)CCCC. The summed E-state index contributed by atoms with van der Waals surface area (Å²) in [7, 11) is -6.22. The minimum atomic E-state index is -1.60. The second-order valence-electron chi connectivity index (χ2n) is 13.2. The predicted molar refractivity (Wildman–Crippen MR) is 167 cm³/mol. The van der Waals surface area contributed by atoms with Gasteiger partial charge in [-0.3, -0.25) is 0 Å². The second-order valence-corrected chi connectivity index (χ2v) is 30.9. The van der Waals surface area contributed by atoms with E-state index in [-0.39, 0.29) is 0 Å². The fraction of sp³-hybridized carbons (Fsp3) is 1.00. The molecule has 0 rings (SSSR count). The van der Waals surface area contributed by atoms with E-state index in [2.05, 4.69) is 66.2 Å². The molecule has 0 saturated carbocycles. The zero-order valence-corrected chi connectivity index (χ0v) is 30.0. The molecule has 0 saturated heterocycles. The van der Waals surface area contributed by atoms with Crippen molar-refractivity contribution in [3.8, 4) is 0 Å². The Morgan fingerprint density at radius 2 is 0.806 bits per heavy atom. The van der Waals surface area contributed by atoms with Crippen LogP contribution >= 0.6 is 0 Å². The molecule has 0 fully saturated rings. The molecule has 0 heterocycles. The highest BCUT2D eigenvalue weighted by Gasteiger charge is 2.33. The number of ether oxygens (including phenoxy) is 2. The normalized spacial score (nSPS) is 13.7. The first-order chi connectivity index (χ1) is 16.6. The molecule has 0 bridgehead atoms. The highest BCUT2D eigenvalue weighted by molar-refractivity contribution is 6.85. The lowest BCUT2D eigenvalue weighted by atomic mass is 10.3. The van der Waals surface area contributed by atoms with Crippen LogP contribution < -0.4 is 0 Å². The number of aliphatic hydroxyl groups is 1. The third-order valence-corrected chi connectivity index (χ3v) is 21.7. The Morgan fingerprint density at radius 1 is 0.500 bits per heavy atom. The minimum absolute atomic E-state index is 0.361. The van der Waals surface area contributed by atoms with Crippen molar-refractivity contribution in [2.45, 2.75) is 148 Å². The van der Waals surface area contributed by atoms with Gasteiger partial charge < -0.3 is 22.8 Å². The lowest BCUT2D eigenvalue weighted by Gasteiger charge is -2.34. The quantitative estimate of drug-likeness (QED) is 0.0917. The first-order valence-corrected chi connectivity index (χ1v) is 27.3. The molecule has 218 valence electrons. The number of hydrogen-bond acceptors (Lipinski definition) is 5. The molecular weight excluding hydrogens is 517 g/mol. The van der Waals surface area contributed by atoms with Crippen molar-refractivity contribution >= 4 is 33.3 Å². The Balaban J connectivity index is 3.83. The van der Waals surface area contributed by atoms with E-state index in [1.54, 1.807) is 0 Å². The lowest BCUT2D eigenvalue weighted by molar-refractivity contribution is -0.0197. The summed E-state index contributed by atoms with van der Waals surface area (Å²) >= 11 is 0. The van der Waals surface area contributed by atoms with Gasteiger partial charge in [-0.05, 0) is 89.4 Å². The van der Waals surface area contributed by atoms with Gasteiger partial charge in [0.15, 0.2) is 33.3 Å². The molecular formula is C27H64O5Si4. The average Bonchev–Trinajstić information content (AvgIpc) is 2.74. The molecule has 0 aliphatic carbocycles. The lowest BCUT2D eigenvalue weighted by Crippen LogP contribution is -2.44. The van der Waals surface area contributed by atoms with Crippen molar-refractivity contribution in [1.29, 1.82) is 0 Å². The maximum atomic E-state index is 10.2. The molecule has 0 amide bonds. The van der Waals surface area contributed by atoms with Crippen LogP contribution in [0.15, 0.2) is 0 Å². The summed E-state index contributed by atoms with van der Waals surface area (Å²) in [6.07, 6.45) is 8.90. The molecule has 1 N–H and O–H groups in total. The maximum absolute atomic E-state index is 10.2. The summed E-state index contributed by atoms with van der Waals surface area (Å²) in [5, 5.41) is 10.2. The maximum Gasteiger partial charge on any atom is 0.173 e.